The molecule has 0 saturated carbocycles. The van der Waals surface area contributed by atoms with Crippen molar-refractivity contribution >= 4 is 33.6 Å². The van der Waals surface area contributed by atoms with Crippen LogP contribution < -0.4 is 5.32 Å². The Kier molecular flexibility index (Phi) is 3.31. The summed E-state index contributed by atoms with van der Waals surface area (Å²) in [5.74, 6) is -2.34. The second-order valence-corrected chi connectivity index (χ2v) is 3.60. The van der Waals surface area contributed by atoms with Gasteiger partial charge in [-0.1, -0.05) is 0 Å². The second-order valence-electron chi connectivity index (χ2n) is 2.74. The van der Waals surface area contributed by atoms with Crippen LogP contribution in [0.1, 0.15) is 20.7 Å². The highest BCUT2D eigenvalue weighted by Crippen LogP contribution is 2.28. The van der Waals surface area contributed by atoms with Gasteiger partial charge in [-0.15, -0.1) is 0 Å². The molecule has 0 spiro atoms. The molecule has 0 fully saturated rings. The van der Waals surface area contributed by atoms with Gasteiger partial charge in [0.25, 0.3) is 0 Å². The number of carboxylic acid groups (broad SMARTS) is 2. The van der Waals surface area contributed by atoms with Gasteiger partial charge in [0, 0.05) is 11.5 Å². The molecule has 5 nitrogen and oxygen atoms in total. The van der Waals surface area contributed by atoms with E-state index < -0.39 is 11.9 Å². The van der Waals surface area contributed by atoms with E-state index >= 15 is 0 Å². The lowest BCUT2D eigenvalue weighted by Crippen LogP contribution is -2.07. The zero-order valence-electron chi connectivity index (χ0n) is 7.74. The van der Waals surface area contributed by atoms with Gasteiger partial charge < -0.3 is 15.5 Å². The van der Waals surface area contributed by atoms with Crippen LogP contribution in [0.25, 0.3) is 0 Å². The van der Waals surface area contributed by atoms with Crippen LogP contribution in [0.2, 0.25) is 0 Å². The number of aromatic carboxylic acids is 2. The van der Waals surface area contributed by atoms with Gasteiger partial charge in [-0.05, 0) is 28.1 Å². The Labute approximate surface area is 93.9 Å². The van der Waals surface area contributed by atoms with Crippen LogP contribution in [0.3, 0.4) is 0 Å². The number of benzene rings is 1. The second kappa shape index (κ2) is 4.31. The minimum Gasteiger partial charge on any atom is -0.478 e. The molecule has 0 aliphatic carbocycles. The number of anilines is 1. The largest absolute Gasteiger partial charge is 0.478 e. The summed E-state index contributed by atoms with van der Waals surface area (Å²) < 4.78 is 0.405. The molecule has 15 heavy (non-hydrogen) atoms. The van der Waals surface area contributed by atoms with E-state index in [-0.39, 0.29) is 11.1 Å². The molecule has 0 aromatic heterocycles. The molecule has 0 aliphatic heterocycles. The summed E-state index contributed by atoms with van der Waals surface area (Å²) in [7, 11) is 1.56. The van der Waals surface area contributed by atoms with Crippen LogP contribution in [0, 0.1) is 0 Å². The summed E-state index contributed by atoms with van der Waals surface area (Å²) >= 11 is 3.11. The van der Waals surface area contributed by atoms with Gasteiger partial charge in [-0.25, -0.2) is 9.59 Å². The molecule has 1 aromatic rings. The molecule has 0 unspecified atom stereocenters. The van der Waals surface area contributed by atoms with Crippen molar-refractivity contribution in [2.45, 2.75) is 0 Å². The molecule has 0 saturated heterocycles. The molecular weight excluding hydrogens is 266 g/mol. The van der Waals surface area contributed by atoms with Gasteiger partial charge in [0.1, 0.15) is 0 Å². The standard InChI is InChI=1S/C9H8BrNO4/c1-11-7-5(9(14)15)2-4(8(12)13)3-6(7)10/h2-3,11H,1H3,(H,12,13)(H,14,15). The Balaban J connectivity index is 3.45. The summed E-state index contributed by atoms with van der Waals surface area (Å²) in [6.45, 7) is 0. The quantitative estimate of drug-likeness (QED) is 0.783. The number of nitrogens with one attached hydrogen (secondary N) is 1. The van der Waals surface area contributed by atoms with Gasteiger partial charge in [-0.3, -0.25) is 0 Å². The molecule has 80 valence electrons. The van der Waals surface area contributed by atoms with E-state index in [1.807, 2.05) is 0 Å². The van der Waals surface area contributed by atoms with E-state index in [2.05, 4.69) is 21.2 Å². The van der Waals surface area contributed by atoms with Crippen molar-refractivity contribution < 1.29 is 19.8 Å². The number of halogens is 1. The number of hydrogen-bond donors (Lipinski definition) is 3. The molecule has 0 aliphatic rings. The topological polar surface area (TPSA) is 86.6 Å². The van der Waals surface area contributed by atoms with E-state index in [1.165, 1.54) is 6.07 Å². The Hall–Kier alpha value is -1.56. The first-order valence-corrected chi connectivity index (χ1v) is 4.74. The third-order valence-electron chi connectivity index (χ3n) is 1.82. The van der Waals surface area contributed by atoms with E-state index in [4.69, 9.17) is 10.2 Å². The third kappa shape index (κ3) is 2.27. The van der Waals surface area contributed by atoms with Crippen molar-refractivity contribution in [3.05, 3.63) is 27.7 Å². The third-order valence-corrected chi connectivity index (χ3v) is 2.44. The predicted octanol–water partition coefficient (Wildman–Crippen LogP) is 1.89. The lowest BCUT2D eigenvalue weighted by Gasteiger charge is -2.09. The van der Waals surface area contributed by atoms with Crippen LogP contribution in [-0.2, 0) is 0 Å². The van der Waals surface area contributed by atoms with Crippen LogP contribution >= 0.6 is 15.9 Å². The maximum Gasteiger partial charge on any atom is 0.337 e. The molecule has 0 heterocycles. The minimum absolute atomic E-state index is 0.0710. The summed E-state index contributed by atoms with van der Waals surface area (Å²) in [4.78, 5) is 21.5. The van der Waals surface area contributed by atoms with E-state index in [9.17, 15) is 9.59 Å². The Morgan fingerprint density at radius 3 is 2.27 bits per heavy atom. The van der Waals surface area contributed by atoms with Crippen molar-refractivity contribution in [3.63, 3.8) is 0 Å². The first-order chi connectivity index (χ1) is 6.97. The fourth-order valence-corrected chi connectivity index (χ4v) is 1.81. The number of hydrogen-bond acceptors (Lipinski definition) is 3. The zero-order valence-corrected chi connectivity index (χ0v) is 9.33. The molecular formula is C9H8BrNO4. The fourth-order valence-electron chi connectivity index (χ4n) is 1.15. The Bertz CT molecular complexity index is 430. The van der Waals surface area contributed by atoms with Crippen molar-refractivity contribution in [3.8, 4) is 0 Å². The monoisotopic (exact) mass is 273 g/mol. The van der Waals surface area contributed by atoms with Gasteiger partial charge in [-0.2, -0.15) is 0 Å². The zero-order chi connectivity index (χ0) is 11.6. The maximum absolute atomic E-state index is 10.9. The Morgan fingerprint density at radius 1 is 1.27 bits per heavy atom. The van der Waals surface area contributed by atoms with Crippen molar-refractivity contribution in [1.29, 1.82) is 0 Å². The molecule has 1 aromatic carbocycles. The van der Waals surface area contributed by atoms with Crippen molar-refractivity contribution in [2.75, 3.05) is 12.4 Å². The summed E-state index contributed by atoms with van der Waals surface area (Å²) in [6, 6.07) is 2.46. The fraction of sp³-hybridized carbons (Fsp3) is 0.111. The van der Waals surface area contributed by atoms with Crippen LogP contribution in [-0.4, -0.2) is 29.2 Å². The van der Waals surface area contributed by atoms with E-state index in [1.54, 1.807) is 7.05 Å². The predicted molar refractivity (Wildman–Crippen MR) is 57.6 cm³/mol. The smallest absolute Gasteiger partial charge is 0.337 e. The highest BCUT2D eigenvalue weighted by atomic mass is 79.9. The van der Waals surface area contributed by atoms with Gasteiger partial charge >= 0.3 is 11.9 Å². The van der Waals surface area contributed by atoms with Crippen LogP contribution in [0.4, 0.5) is 5.69 Å². The first-order valence-electron chi connectivity index (χ1n) is 3.95. The highest BCUT2D eigenvalue weighted by molar-refractivity contribution is 9.10. The molecule has 0 radical (unpaired) electrons. The summed E-state index contributed by atoms with van der Waals surface area (Å²) in [5, 5.41) is 20.3. The molecule has 0 atom stereocenters. The van der Waals surface area contributed by atoms with Crippen LogP contribution in [0.15, 0.2) is 16.6 Å². The van der Waals surface area contributed by atoms with Gasteiger partial charge in [0.2, 0.25) is 0 Å². The molecule has 0 bridgehead atoms. The van der Waals surface area contributed by atoms with Crippen molar-refractivity contribution in [1.82, 2.24) is 0 Å². The van der Waals surface area contributed by atoms with Gasteiger partial charge in [0.05, 0.1) is 16.8 Å². The molecule has 1 rings (SSSR count). The summed E-state index contributed by atoms with van der Waals surface area (Å²) in [6.07, 6.45) is 0. The maximum atomic E-state index is 10.9. The number of rotatable bonds is 3. The number of carboxylic acids is 2. The SMILES string of the molecule is CNc1c(Br)cc(C(=O)O)cc1C(=O)O. The van der Waals surface area contributed by atoms with Crippen molar-refractivity contribution in [2.24, 2.45) is 0 Å². The minimum atomic E-state index is -1.18. The average molecular weight is 274 g/mol. The highest BCUT2D eigenvalue weighted by Gasteiger charge is 2.16. The van der Waals surface area contributed by atoms with Gasteiger partial charge in [0.15, 0.2) is 0 Å². The van der Waals surface area contributed by atoms with Crippen LogP contribution in [0.5, 0.6) is 0 Å². The number of carbonyl (C=O) groups is 2. The molecule has 3 N–H and O–H groups in total. The normalized spacial score (nSPS) is 9.73. The molecule has 0 amide bonds. The summed E-state index contributed by atoms with van der Waals surface area (Å²) in [5.41, 5.74) is 0.204. The first kappa shape index (κ1) is 11.5. The van der Waals surface area contributed by atoms with E-state index in [0.717, 1.165) is 6.07 Å². The average Bonchev–Trinajstić information content (AvgIpc) is 2.16. The Morgan fingerprint density at radius 2 is 1.87 bits per heavy atom. The lowest BCUT2D eigenvalue weighted by molar-refractivity contribution is 0.0696. The molecule has 6 heteroatoms. The lowest BCUT2D eigenvalue weighted by atomic mass is 10.1. The van der Waals surface area contributed by atoms with E-state index in [0.29, 0.717) is 10.2 Å².